The van der Waals surface area contributed by atoms with Crippen LogP contribution < -0.4 is 9.64 Å². The van der Waals surface area contributed by atoms with Crippen LogP contribution in [-0.2, 0) is 0 Å². The molecule has 5 nitrogen and oxygen atoms in total. The summed E-state index contributed by atoms with van der Waals surface area (Å²) in [7, 11) is 1.54. The fourth-order valence-electron chi connectivity index (χ4n) is 1.13. The van der Waals surface area contributed by atoms with E-state index in [2.05, 4.69) is 9.97 Å². The van der Waals surface area contributed by atoms with E-state index in [-0.39, 0.29) is 6.04 Å². The second-order valence-corrected chi connectivity index (χ2v) is 3.42. The van der Waals surface area contributed by atoms with Gasteiger partial charge in [-0.05, 0) is 20.8 Å². The summed E-state index contributed by atoms with van der Waals surface area (Å²) in [5, 5.41) is 8.96. The average Bonchev–Trinajstić information content (AvgIpc) is 2.17. The Hall–Kier alpha value is -1.83. The third-order valence-electron chi connectivity index (χ3n) is 1.87. The van der Waals surface area contributed by atoms with Gasteiger partial charge in [0.15, 0.2) is 6.19 Å². The maximum Gasteiger partial charge on any atom is 0.242 e. The van der Waals surface area contributed by atoms with E-state index in [9.17, 15) is 0 Å². The van der Waals surface area contributed by atoms with Crippen molar-refractivity contribution in [3.05, 3.63) is 11.8 Å². The number of ether oxygens (including phenoxy) is 1. The lowest BCUT2D eigenvalue weighted by Gasteiger charge is -2.18. The van der Waals surface area contributed by atoms with Crippen molar-refractivity contribution in [2.75, 3.05) is 12.0 Å². The molecule has 1 heterocycles. The highest BCUT2D eigenvalue weighted by Gasteiger charge is 2.14. The van der Waals surface area contributed by atoms with Crippen LogP contribution in [0.2, 0.25) is 0 Å². The van der Waals surface area contributed by atoms with Crippen LogP contribution in [0.4, 0.5) is 5.95 Å². The maximum atomic E-state index is 8.96. The molecule has 0 unspecified atom stereocenters. The minimum Gasteiger partial charge on any atom is -0.481 e. The summed E-state index contributed by atoms with van der Waals surface area (Å²) in [5.74, 6) is 0.850. The van der Waals surface area contributed by atoms with Gasteiger partial charge in [-0.25, -0.2) is 9.88 Å². The zero-order valence-corrected chi connectivity index (χ0v) is 9.35. The van der Waals surface area contributed by atoms with E-state index in [1.54, 1.807) is 6.07 Å². The van der Waals surface area contributed by atoms with Crippen LogP contribution in [0.5, 0.6) is 5.88 Å². The fraction of sp³-hybridized carbons (Fsp3) is 0.500. The summed E-state index contributed by atoms with van der Waals surface area (Å²) in [6.07, 6.45) is 2.05. The van der Waals surface area contributed by atoms with E-state index in [4.69, 9.17) is 10.00 Å². The van der Waals surface area contributed by atoms with Gasteiger partial charge in [0.05, 0.1) is 7.11 Å². The lowest BCUT2D eigenvalue weighted by Crippen LogP contribution is -2.27. The van der Waals surface area contributed by atoms with Crippen molar-refractivity contribution < 1.29 is 4.74 Å². The Morgan fingerprint density at radius 2 is 2.13 bits per heavy atom. The highest BCUT2D eigenvalue weighted by molar-refractivity contribution is 5.40. The Labute approximate surface area is 89.3 Å². The van der Waals surface area contributed by atoms with Gasteiger partial charge in [0.1, 0.15) is 0 Å². The van der Waals surface area contributed by atoms with Crippen LogP contribution in [0.1, 0.15) is 19.5 Å². The van der Waals surface area contributed by atoms with Gasteiger partial charge in [-0.3, -0.25) is 0 Å². The number of hydrogen-bond acceptors (Lipinski definition) is 5. The van der Waals surface area contributed by atoms with E-state index < -0.39 is 0 Å². The minimum absolute atomic E-state index is 0.0292. The van der Waals surface area contributed by atoms with Crippen molar-refractivity contribution in [1.82, 2.24) is 9.97 Å². The van der Waals surface area contributed by atoms with Crippen molar-refractivity contribution >= 4 is 5.95 Å². The lowest BCUT2D eigenvalue weighted by molar-refractivity contribution is 0.396. The van der Waals surface area contributed by atoms with Gasteiger partial charge in [0.2, 0.25) is 11.8 Å². The molecule has 1 aromatic rings. The number of rotatable bonds is 3. The largest absolute Gasteiger partial charge is 0.481 e. The number of aryl methyl sites for hydroxylation is 1. The molecule has 0 saturated heterocycles. The Balaban J connectivity index is 3.13. The molecule has 0 spiro atoms. The molecule has 0 saturated carbocycles. The molecule has 0 atom stereocenters. The number of aromatic nitrogens is 2. The van der Waals surface area contributed by atoms with E-state index in [1.807, 2.05) is 27.0 Å². The summed E-state index contributed by atoms with van der Waals surface area (Å²) < 4.78 is 5.02. The monoisotopic (exact) mass is 206 g/mol. The minimum atomic E-state index is 0.0292. The maximum absolute atomic E-state index is 8.96. The molecule has 80 valence electrons. The molecule has 0 amide bonds. The Morgan fingerprint density at radius 1 is 1.47 bits per heavy atom. The highest BCUT2D eigenvalue weighted by Crippen LogP contribution is 2.16. The normalized spacial score (nSPS) is 9.87. The number of anilines is 1. The lowest BCUT2D eigenvalue weighted by atomic mass is 10.3. The van der Waals surface area contributed by atoms with Crippen molar-refractivity contribution in [3.8, 4) is 12.1 Å². The number of nitriles is 1. The molecule has 0 aliphatic rings. The van der Waals surface area contributed by atoms with Crippen molar-refractivity contribution in [3.63, 3.8) is 0 Å². The summed E-state index contributed by atoms with van der Waals surface area (Å²) in [5.41, 5.74) is 0.776. The van der Waals surface area contributed by atoms with Gasteiger partial charge in [-0.1, -0.05) is 0 Å². The highest BCUT2D eigenvalue weighted by atomic mass is 16.5. The predicted octanol–water partition coefficient (Wildman–Crippen LogP) is 1.49. The van der Waals surface area contributed by atoms with Gasteiger partial charge < -0.3 is 4.74 Å². The number of methoxy groups -OCH3 is 1. The van der Waals surface area contributed by atoms with Crippen molar-refractivity contribution in [2.45, 2.75) is 26.8 Å². The first-order chi connectivity index (χ1) is 7.08. The number of nitrogens with zero attached hydrogens (tertiary/aromatic N) is 4. The molecule has 1 aromatic heterocycles. The summed E-state index contributed by atoms with van der Waals surface area (Å²) in [4.78, 5) is 9.74. The number of hydrogen-bond donors (Lipinski definition) is 0. The zero-order valence-electron chi connectivity index (χ0n) is 9.35. The van der Waals surface area contributed by atoms with E-state index >= 15 is 0 Å². The van der Waals surface area contributed by atoms with Crippen LogP contribution in [-0.4, -0.2) is 23.1 Å². The molecule has 0 bridgehead atoms. The predicted molar refractivity (Wildman–Crippen MR) is 56.5 cm³/mol. The Kier molecular flexibility index (Phi) is 3.45. The smallest absolute Gasteiger partial charge is 0.242 e. The summed E-state index contributed by atoms with van der Waals surface area (Å²) >= 11 is 0. The van der Waals surface area contributed by atoms with Crippen molar-refractivity contribution in [2.24, 2.45) is 0 Å². The van der Waals surface area contributed by atoms with E-state index in [1.165, 1.54) is 12.0 Å². The molecule has 1 rings (SSSR count). The first-order valence-corrected chi connectivity index (χ1v) is 4.67. The van der Waals surface area contributed by atoms with Crippen LogP contribution in [0.3, 0.4) is 0 Å². The summed E-state index contributed by atoms with van der Waals surface area (Å²) in [6.45, 7) is 5.65. The van der Waals surface area contributed by atoms with Gasteiger partial charge in [0, 0.05) is 17.8 Å². The molecular weight excluding hydrogens is 192 g/mol. The molecule has 0 radical (unpaired) electrons. The molecule has 0 aromatic carbocycles. The van der Waals surface area contributed by atoms with Gasteiger partial charge in [-0.2, -0.15) is 10.2 Å². The van der Waals surface area contributed by atoms with E-state index in [0.29, 0.717) is 11.8 Å². The molecule has 0 fully saturated rings. The second-order valence-electron chi connectivity index (χ2n) is 3.42. The summed E-state index contributed by atoms with van der Waals surface area (Å²) in [6, 6.07) is 1.75. The molecule has 15 heavy (non-hydrogen) atoms. The van der Waals surface area contributed by atoms with Crippen LogP contribution >= 0.6 is 0 Å². The average molecular weight is 206 g/mol. The molecular formula is C10H14N4O. The van der Waals surface area contributed by atoms with E-state index in [0.717, 1.165) is 5.69 Å². The Bertz CT molecular complexity index is 383. The van der Waals surface area contributed by atoms with Gasteiger partial charge in [0.25, 0.3) is 0 Å². The third kappa shape index (κ3) is 2.56. The fourth-order valence-corrected chi connectivity index (χ4v) is 1.13. The van der Waals surface area contributed by atoms with Crippen LogP contribution in [0.25, 0.3) is 0 Å². The van der Waals surface area contributed by atoms with Gasteiger partial charge >= 0.3 is 0 Å². The standard InChI is InChI=1S/C10H14N4O/c1-7(2)14(6-11)10-12-8(3)5-9(13-10)15-4/h5,7H,1-4H3. The first-order valence-electron chi connectivity index (χ1n) is 4.67. The third-order valence-corrected chi connectivity index (χ3v) is 1.87. The molecule has 0 N–H and O–H groups in total. The van der Waals surface area contributed by atoms with Gasteiger partial charge in [-0.15, -0.1) is 0 Å². The SMILES string of the molecule is COc1cc(C)nc(N(C#N)C(C)C)n1. The van der Waals surface area contributed by atoms with Crippen LogP contribution in [0.15, 0.2) is 6.07 Å². The Morgan fingerprint density at radius 3 is 2.60 bits per heavy atom. The van der Waals surface area contributed by atoms with Crippen LogP contribution in [0, 0.1) is 18.4 Å². The zero-order chi connectivity index (χ0) is 11.4. The second kappa shape index (κ2) is 4.60. The first kappa shape index (κ1) is 11.2. The molecule has 5 heteroatoms. The van der Waals surface area contributed by atoms with Crippen molar-refractivity contribution in [1.29, 1.82) is 5.26 Å². The quantitative estimate of drug-likeness (QED) is 0.554. The topological polar surface area (TPSA) is 62.0 Å². The molecule has 0 aliphatic heterocycles. The molecule has 0 aliphatic carbocycles.